The van der Waals surface area contributed by atoms with Crippen LogP contribution in [0.25, 0.3) is 16.9 Å². The summed E-state index contributed by atoms with van der Waals surface area (Å²) in [5.41, 5.74) is 4.30. The molecule has 44 heavy (non-hydrogen) atoms. The Bertz CT molecular complexity index is 1740. The van der Waals surface area contributed by atoms with Gasteiger partial charge in [0, 0.05) is 54.8 Å². The largest absolute Gasteiger partial charge is 0.490 e. The van der Waals surface area contributed by atoms with Crippen molar-refractivity contribution in [1.29, 1.82) is 0 Å². The summed E-state index contributed by atoms with van der Waals surface area (Å²) in [5, 5.41) is 17.8. The van der Waals surface area contributed by atoms with Gasteiger partial charge in [0.1, 0.15) is 0 Å². The van der Waals surface area contributed by atoms with Gasteiger partial charge in [-0.25, -0.2) is 18.7 Å². The van der Waals surface area contributed by atoms with Crippen LogP contribution in [0.2, 0.25) is 0 Å². The second-order valence-electron chi connectivity index (χ2n) is 12.2. The number of hydrogen-bond acceptors (Lipinski definition) is 7. The van der Waals surface area contributed by atoms with Gasteiger partial charge < -0.3 is 24.8 Å². The number of carboxylic acids is 1. The number of anilines is 1. The number of aliphatic carboxylic acids is 1. The summed E-state index contributed by atoms with van der Waals surface area (Å²) in [7, 11) is 3.91. The Morgan fingerprint density at radius 3 is 2.52 bits per heavy atom. The Hall–Kier alpha value is -4.51. The number of carboxylic acid groups (broad SMARTS) is 1. The molecule has 232 valence electrons. The number of amides is 1. The minimum atomic E-state index is -1.44. The molecule has 0 unspecified atom stereocenters. The summed E-state index contributed by atoms with van der Waals surface area (Å²) in [4.78, 5) is 32.6. The lowest BCUT2D eigenvalue weighted by Gasteiger charge is -2.28. The van der Waals surface area contributed by atoms with Crippen LogP contribution in [0.4, 0.5) is 10.1 Å². The number of ether oxygens (including phenoxy) is 2. The van der Waals surface area contributed by atoms with Crippen molar-refractivity contribution >= 4 is 23.2 Å². The molecule has 0 saturated heterocycles. The fourth-order valence-corrected chi connectivity index (χ4v) is 5.49. The van der Waals surface area contributed by atoms with E-state index in [1.807, 2.05) is 50.2 Å². The fraction of sp³-hybridized carbons (Fsp3) is 0.394. The third-order valence-corrected chi connectivity index (χ3v) is 7.62. The number of nitrogens with zero attached hydrogens (tertiary/aromatic N) is 4. The number of aromatic nitrogens is 3. The van der Waals surface area contributed by atoms with Crippen molar-refractivity contribution in [2.24, 2.45) is 0 Å². The highest BCUT2D eigenvalue weighted by Crippen LogP contribution is 2.41. The van der Waals surface area contributed by atoms with Crippen molar-refractivity contribution < 1.29 is 28.6 Å². The van der Waals surface area contributed by atoms with E-state index in [9.17, 15) is 14.7 Å². The molecule has 0 fully saturated rings. The van der Waals surface area contributed by atoms with Gasteiger partial charge in [0.15, 0.2) is 29.0 Å². The zero-order valence-corrected chi connectivity index (χ0v) is 26.1. The summed E-state index contributed by atoms with van der Waals surface area (Å²) >= 11 is 0. The SMILES string of the molecule is Cc1nc2cc(C(=O)NCc3ccc(N(C)C)cc3)nn2c(-c2cc(F)c3c(c2C)CCCO3)c1[C@H](OC(C)(C)C)C(=O)O. The van der Waals surface area contributed by atoms with E-state index in [1.165, 1.54) is 10.6 Å². The molecular formula is C33H38FN5O5. The normalized spacial score (nSPS) is 13.7. The predicted molar refractivity (Wildman–Crippen MR) is 165 cm³/mol. The van der Waals surface area contributed by atoms with E-state index >= 15 is 4.39 Å². The molecule has 3 heterocycles. The minimum Gasteiger partial charge on any atom is -0.490 e. The zero-order chi connectivity index (χ0) is 31.9. The van der Waals surface area contributed by atoms with Crippen LogP contribution >= 0.6 is 0 Å². The number of carbonyl (C=O) groups is 2. The van der Waals surface area contributed by atoms with Gasteiger partial charge in [0.05, 0.1) is 17.9 Å². The molecule has 10 nitrogen and oxygen atoms in total. The van der Waals surface area contributed by atoms with Crippen molar-refractivity contribution in [3.63, 3.8) is 0 Å². The van der Waals surface area contributed by atoms with Crippen molar-refractivity contribution in [1.82, 2.24) is 19.9 Å². The van der Waals surface area contributed by atoms with Crippen molar-refractivity contribution in [2.45, 2.75) is 65.7 Å². The molecule has 2 N–H and O–H groups in total. The molecule has 1 aliphatic heterocycles. The van der Waals surface area contributed by atoms with Crippen LogP contribution < -0.4 is 15.0 Å². The molecule has 11 heteroatoms. The summed E-state index contributed by atoms with van der Waals surface area (Å²) in [6.45, 7) is 9.51. The minimum absolute atomic E-state index is 0.0863. The lowest BCUT2D eigenvalue weighted by atomic mass is 9.91. The molecule has 4 aromatic rings. The van der Waals surface area contributed by atoms with Gasteiger partial charge in [-0.15, -0.1) is 0 Å². The fourth-order valence-electron chi connectivity index (χ4n) is 5.49. The maximum Gasteiger partial charge on any atom is 0.337 e. The molecule has 1 amide bonds. The Balaban J connectivity index is 1.65. The second kappa shape index (κ2) is 11.9. The van der Waals surface area contributed by atoms with Crippen LogP contribution in [0.5, 0.6) is 5.75 Å². The molecule has 0 saturated carbocycles. The van der Waals surface area contributed by atoms with Gasteiger partial charge in [0.2, 0.25) is 0 Å². The lowest BCUT2D eigenvalue weighted by molar-refractivity contribution is -0.160. The molecule has 0 aliphatic carbocycles. The predicted octanol–water partition coefficient (Wildman–Crippen LogP) is 5.41. The van der Waals surface area contributed by atoms with E-state index in [4.69, 9.17) is 9.47 Å². The number of aryl methyl sites for hydroxylation is 1. The van der Waals surface area contributed by atoms with Crippen LogP contribution in [0.1, 0.15) is 71.7 Å². The molecule has 0 spiro atoms. The number of rotatable bonds is 8. The molecule has 2 aromatic carbocycles. The van der Waals surface area contributed by atoms with Gasteiger partial charge in [0.25, 0.3) is 5.91 Å². The third-order valence-electron chi connectivity index (χ3n) is 7.62. The monoisotopic (exact) mass is 603 g/mol. The summed E-state index contributed by atoms with van der Waals surface area (Å²) in [6, 6.07) is 10.7. The molecule has 5 rings (SSSR count). The standard InChI is InChI=1S/C33H38FN5O5/c1-18-22-9-8-14-43-29(22)24(34)15-23(18)28-27(30(32(41)42)44-33(3,4)5)19(2)36-26-16-25(37-39(26)28)31(40)35-17-20-10-12-21(13-11-20)38(6)7/h10-13,15-16,30H,8-9,14,17H2,1-7H3,(H,35,40)(H,41,42)/t30-/m0/s1. The Kier molecular flexibility index (Phi) is 8.35. The topological polar surface area (TPSA) is 118 Å². The molecule has 0 bridgehead atoms. The Morgan fingerprint density at radius 2 is 1.89 bits per heavy atom. The zero-order valence-electron chi connectivity index (χ0n) is 26.1. The molecule has 2 aromatic heterocycles. The van der Waals surface area contributed by atoms with Gasteiger partial charge >= 0.3 is 5.97 Å². The maximum absolute atomic E-state index is 15.5. The van der Waals surface area contributed by atoms with E-state index in [0.717, 1.165) is 23.2 Å². The molecule has 0 radical (unpaired) electrons. The van der Waals surface area contributed by atoms with Crippen LogP contribution in [-0.2, 0) is 22.5 Å². The molecule has 1 atom stereocenters. The molecule has 1 aliphatic rings. The maximum atomic E-state index is 15.5. The van der Waals surface area contributed by atoms with Crippen molar-refractivity contribution in [3.05, 3.63) is 75.9 Å². The van der Waals surface area contributed by atoms with E-state index in [-0.39, 0.29) is 23.6 Å². The summed E-state index contributed by atoms with van der Waals surface area (Å²) < 4.78 is 28.7. The van der Waals surface area contributed by atoms with Crippen LogP contribution in [-0.4, -0.2) is 57.9 Å². The van der Waals surface area contributed by atoms with E-state index in [2.05, 4.69) is 15.4 Å². The van der Waals surface area contributed by atoms with Gasteiger partial charge in [-0.05, 0) is 76.8 Å². The van der Waals surface area contributed by atoms with E-state index < -0.39 is 29.4 Å². The first kappa shape index (κ1) is 30.9. The van der Waals surface area contributed by atoms with Gasteiger partial charge in [-0.2, -0.15) is 5.10 Å². The Labute approximate surface area is 255 Å². The second-order valence-corrected chi connectivity index (χ2v) is 12.2. The van der Waals surface area contributed by atoms with Gasteiger partial charge in [-0.3, -0.25) is 4.79 Å². The van der Waals surface area contributed by atoms with Crippen molar-refractivity contribution in [3.8, 4) is 17.0 Å². The van der Waals surface area contributed by atoms with Crippen molar-refractivity contribution in [2.75, 3.05) is 25.6 Å². The van der Waals surface area contributed by atoms with E-state index in [1.54, 1.807) is 33.8 Å². The van der Waals surface area contributed by atoms with Crippen LogP contribution in [0.15, 0.2) is 36.4 Å². The highest BCUT2D eigenvalue weighted by Gasteiger charge is 2.35. The van der Waals surface area contributed by atoms with E-state index in [0.29, 0.717) is 41.2 Å². The smallest absolute Gasteiger partial charge is 0.337 e. The summed E-state index contributed by atoms with van der Waals surface area (Å²) in [5.74, 6) is -2.00. The first-order valence-electron chi connectivity index (χ1n) is 14.6. The number of benzene rings is 2. The Morgan fingerprint density at radius 1 is 1.18 bits per heavy atom. The molecular weight excluding hydrogens is 565 g/mol. The first-order valence-corrected chi connectivity index (χ1v) is 14.6. The average molecular weight is 604 g/mol. The van der Waals surface area contributed by atoms with Crippen LogP contribution in [0, 0.1) is 19.7 Å². The quantitative estimate of drug-likeness (QED) is 0.274. The number of fused-ring (bicyclic) bond motifs is 2. The first-order chi connectivity index (χ1) is 20.7. The highest BCUT2D eigenvalue weighted by molar-refractivity contribution is 5.93. The highest BCUT2D eigenvalue weighted by atomic mass is 19.1. The lowest BCUT2D eigenvalue weighted by Crippen LogP contribution is -2.29. The van der Waals surface area contributed by atoms with Crippen LogP contribution in [0.3, 0.4) is 0 Å². The summed E-state index contributed by atoms with van der Waals surface area (Å²) in [6.07, 6.45) is -0.107. The number of hydrogen-bond donors (Lipinski definition) is 2. The third kappa shape index (κ3) is 6.10. The number of nitrogens with one attached hydrogen (secondary N) is 1. The number of halogens is 1. The van der Waals surface area contributed by atoms with Gasteiger partial charge in [-0.1, -0.05) is 12.1 Å². The number of carbonyl (C=O) groups excluding carboxylic acids is 1. The average Bonchev–Trinajstić information content (AvgIpc) is 3.39.